The van der Waals surface area contributed by atoms with E-state index in [1.165, 1.54) is 0 Å². The van der Waals surface area contributed by atoms with Gasteiger partial charge >= 0.3 is 5.97 Å². The summed E-state index contributed by atoms with van der Waals surface area (Å²) < 4.78 is 11.6. The number of fused-ring (bicyclic) bond motifs is 2. The highest BCUT2D eigenvalue weighted by atomic mass is 16.5. The van der Waals surface area contributed by atoms with E-state index in [-0.39, 0.29) is 30.3 Å². The third-order valence-corrected chi connectivity index (χ3v) is 5.61. The molecule has 0 spiro atoms. The molecule has 1 N–H and O–H groups in total. The number of carbonyl (C=O) groups excluding carboxylic acids is 1. The number of ether oxygens (including phenoxy) is 2. The minimum absolute atomic E-state index is 0.00571. The van der Waals surface area contributed by atoms with Crippen LogP contribution < -0.4 is 9.47 Å². The van der Waals surface area contributed by atoms with Gasteiger partial charge in [-0.1, -0.05) is 55.8 Å². The molecule has 0 saturated carbocycles. The highest BCUT2D eigenvalue weighted by molar-refractivity contribution is 6.03. The van der Waals surface area contributed by atoms with Gasteiger partial charge in [-0.3, -0.25) is 4.79 Å². The molecule has 1 heterocycles. The molecule has 6 heteroatoms. The number of para-hydroxylation sites is 1. The molecule has 0 aliphatic heterocycles. The van der Waals surface area contributed by atoms with Gasteiger partial charge in [0.15, 0.2) is 5.78 Å². The Morgan fingerprint density at radius 1 is 0.824 bits per heavy atom. The fourth-order valence-electron chi connectivity index (χ4n) is 3.78. The molecule has 0 amide bonds. The molecule has 0 saturated heterocycles. The number of hydrogen-bond acceptors (Lipinski definition) is 5. The first-order valence-electron chi connectivity index (χ1n) is 11.5. The lowest BCUT2D eigenvalue weighted by atomic mass is 10.0. The van der Waals surface area contributed by atoms with Gasteiger partial charge in [0.05, 0.1) is 24.3 Å². The Morgan fingerprint density at radius 2 is 1.47 bits per heavy atom. The van der Waals surface area contributed by atoms with Gasteiger partial charge in [-0.2, -0.15) is 0 Å². The molecule has 3 aromatic carbocycles. The number of Topliss-reactive ketones (excluding diaryl/α,β-unsaturated/α-hetero) is 1. The van der Waals surface area contributed by atoms with Crippen molar-refractivity contribution < 1.29 is 24.2 Å². The molecule has 0 bridgehead atoms. The second kappa shape index (κ2) is 10.8. The second-order valence-electron chi connectivity index (χ2n) is 8.11. The fraction of sp³-hybridized carbons (Fsp3) is 0.250. The topological polar surface area (TPSA) is 85.7 Å². The Labute approximate surface area is 198 Å². The van der Waals surface area contributed by atoms with Crippen molar-refractivity contribution in [2.24, 2.45) is 0 Å². The first kappa shape index (κ1) is 23.2. The maximum absolute atomic E-state index is 13.1. The molecule has 4 rings (SSSR count). The number of carboxylic acids is 1. The number of unbranched alkanes of at least 4 members (excludes halogenated alkanes) is 1. The average Bonchev–Trinajstić information content (AvgIpc) is 2.85. The maximum atomic E-state index is 13.1. The van der Waals surface area contributed by atoms with Crippen LogP contribution in [0.1, 0.15) is 53.3 Å². The summed E-state index contributed by atoms with van der Waals surface area (Å²) in [6.07, 6.45) is 2.60. The molecule has 0 aliphatic carbocycles. The quantitative estimate of drug-likeness (QED) is 0.210. The van der Waals surface area contributed by atoms with Gasteiger partial charge in [0.1, 0.15) is 11.3 Å². The fourth-order valence-corrected chi connectivity index (χ4v) is 3.78. The molecule has 1 aromatic heterocycles. The molecule has 0 unspecified atom stereocenters. The van der Waals surface area contributed by atoms with Crippen molar-refractivity contribution in [2.75, 3.05) is 13.2 Å². The van der Waals surface area contributed by atoms with Crippen molar-refractivity contribution >= 4 is 33.4 Å². The van der Waals surface area contributed by atoms with Gasteiger partial charge in [-0.05, 0) is 47.9 Å². The highest BCUT2D eigenvalue weighted by Gasteiger charge is 2.17. The van der Waals surface area contributed by atoms with Crippen molar-refractivity contribution in [1.82, 2.24) is 4.98 Å². The summed E-state index contributed by atoms with van der Waals surface area (Å²) in [5, 5.41) is 12.3. The monoisotopic (exact) mass is 457 g/mol. The largest absolute Gasteiger partial charge is 0.493 e. The third-order valence-electron chi connectivity index (χ3n) is 5.61. The number of ketones is 1. The smallest absolute Gasteiger partial charge is 0.341 e. The molecular weight excluding hydrogens is 430 g/mol. The molecule has 4 aromatic rings. The number of carboxylic acid groups (broad SMARTS) is 1. The number of rotatable bonds is 11. The Bertz CT molecular complexity index is 1330. The molecular formula is C28H27NO5. The summed E-state index contributed by atoms with van der Waals surface area (Å²) in [4.78, 5) is 29.1. The lowest BCUT2D eigenvalue weighted by molar-refractivity contribution is 0.0690. The molecule has 0 radical (unpaired) electrons. The number of pyridine rings is 1. The summed E-state index contributed by atoms with van der Waals surface area (Å²) in [7, 11) is 0. The zero-order chi connectivity index (χ0) is 23.9. The van der Waals surface area contributed by atoms with Crippen LogP contribution in [0.3, 0.4) is 0 Å². The summed E-state index contributed by atoms with van der Waals surface area (Å²) >= 11 is 0. The first-order valence-corrected chi connectivity index (χ1v) is 11.5. The lowest BCUT2D eigenvalue weighted by Gasteiger charge is -2.13. The van der Waals surface area contributed by atoms with E-state index >= 15 is 0 Å². The van der Waals surface area contributed by atoms with Crippen molar-refractivity contribution in [1.29, 1.82) is 0 Å². The van der Waals surface area contributed by atoms with Gasteiger partial charge in [-0.15, -0.1) is 0 Å². The number of aromatic nitrogens is 1. The zero-order valence-electron chi connectivity index (χ0n) is 19.1. The molecule has 34 heavy (non-hydrogen) atoms. The van der Waals surface area contributed by atoms with E-state index in [0.29, 0.717) is 29.9 Å². The molecule has 174 valence electrons. The molecule has 0 fully saturated rings. The van der Waals surface area contributed by atoms with Crippen molar-refractivity contribution in [3.8, 4) is 11.6 Å². The van der Waals surface area contributed by atoms with Crippen LogP contribution in [0.5, 0.6) is 11.6 Å². The van der Waals surface area contributed by atoms with Crippen LogP contribution in [0, 0.1) is 0 Å². The average molecular weight is 458 g/mol. The van der Waals surface area contributed by atoms with Crippen LogP contribution in [-0.4, -0.2) is 35.1 Å². The van der Waals surface area contributed by atoms with Gasteiger partial charge in [0.2, 0.25) is 5.88 Å². The van der Waals surface area contributed by atoms with E-state index in [4.69, 9.17) is 9.47 Å². The zero-order valence-corrected chi connectivity index (χ0v) is 19.1. The van der Waals surface area contributed by atoms with Crippen molar-refractivity contribution in [3.05, 3.63) is 77.9 Å². The maximum Gasteiger partial charge on any atom is 0.341 e. The van der Waals surface area contributed by atoms with Crippen molar-refractivity contribution in [2.45, 2.75) is 32.6 Å². The minimum atomic E-state index is -1.10. The van der Waals surface area contributed by atoms with Crippen molar-refractivity contribution in [3.63, 3.8) is 0 Å². The van der Waals surface area contributed by atoms with Crippen LogP contribution in [-0.2, 0) is 0 Å². The van der Waals surface area contributed by atoms with E-state index in [1.807, 2.05) is 48.5 Å². The summed E-state index contributed by atoms with van der Waals surface area (Å²) in [6.45, 7) is 2.83. The van der Waals surface area contributed by atoms with Crippen LogP contribution in [0.15, 0.2) is 66.7 Å². The normalized spacial score (nSPS) is 11.0. The third kappa shape index (κ3) is 5.34. The number of benzene rings is 3. The van der Waals surface area contributed by atoms with Crippen LogP contribution in [0.25, 0.3) is 21.7 Å². The van der Waals surface area contributed by atoms with E-state index in [1.54, 1.807) is 18.2 Å². The summed E-state index contributed by atoms with van der Waals surface area (Å²) in [5.41, 5.74) is 1.22. The predicted molar refractivity (Wildman–Crippen MR) is 132 cm³/mol. The SMILES string of the molecule is CCCCOc1cc2ccccc2cc1C(=O)CCCOc1nc2ccccc2cc1C(=O)O. The Hall–Kier alpha value is -3.93. The van der Waals surface area contributed by atoms with Crippen LogP contribution in [0.2, 0.25) is 0 Å². The van der Waals surface area contributed by atoms with Gasteiger partial charge < -0.3 is 14.6 Å². The summed E-state index contributed by atoms with van der Waals surface area (Å²) in [5.74, 6) is -0.476. The van der Waals surface area contributed by atoms with Crippen LogP contribution in [0.4, 0.5) is 0 Å². The second-order valence-corrected chi connectivity index (χ2v) is 8.11. The molecule has 0 aliphatic rings. The summed E-state index contributed by atoms with van der Waals surface area (Å²) in [6, 6.07) is 20.5. The molecule has 0 atom stereocenters. The van der Waals surface area contributed by atoms with E-state index in [2.05, 4.69) is 11.9 Å². The van der Waals surface area contributed by atoms with Crippen LogP contribution >= 0.6 is 0 Å². The van der Waals surface area contributed by atoms with Gasteiger partial charge in [0, 0.05) is 11.8 Å². The number of nitrogens with zero attached hydrogens (tertiary/aromatic N) is 1. The predicted octanol–water partition coefficient (Wildman–Crippen LogP) is 6.31. The number of hydrogen-bond donors (Lipinski definition) is 1. The first-order chi connectivity index (χ1) is 16.6. The lowest BCUT2D eigenvalue weighted by Crippen LogP contribution is -2.09. The van der Waals surface area contributed by atoms with E-state index < -0.39 is 5.97 Å². The Kier molecular flexibility index (Phi) is 7.38. The minimum Gasteiger partial charge on any atom is -0.493 e. The van der Waals surface area contributed by atoms with Gasteiger partial charge in [0.25, 0.3) is 0 Å². The number of carbonyl (C=O) groups is 2. The van der Waals surface area contributed by atoms with Gasteiger partial charge in [-0.25, -0.2) is 9.78 Å². The number of aromatic carboxylic acids is 1. The Morgan fingerprint density at radius 3 is 2.21 bits per heavy atom. The standard InChI is InChI=1S/C28H27NO5/c1-2-3-14-33-26-18-20-10-5-4-9-19(20)16-22(26)25(30)13-8-15-34-27-23(28(31)32)17-21-11-6-7-12-24(21)29-27/h4-7,9-12,16-18H,2-3,8,13-15H2,1H3,(H,31,32). The highest BCUT2D eigenvalue weighted by Crippen LogP contribution is 2.28. The Balaban J connectivity index is 1.45. The van der Waals surface area contributed by atoms with E-state index in [0.717, 1.165) is 29.0 Å². The van der Waals surface area contributed by atoms with E-state index in [9.17, 15) is 14.7 Å². The molecule has 6 nitrogen and oxygen atoms in total.